The van der Waals surface area contributed by atoms with E-state index in [1.54, 1.807) is 11.3 Å². The third kappa shape index (κ3) is 2.13. The van der Waals surface area contributed by atoms with Crippen LogP contribution in [0.25, 0.3) is 10.6 Å². The van der Waals surface area contributed by atoms with Crippen molar-refractivity contribution in [1.29, 1.82) is 0 Å². The molecule has 2 aromatic rings. The van der Waals surface area contributed by atoms with Crippen LogP contribution >= 0.6 is 33.9 Å². The van der Waals surface area contributed by atoms with Crippen LogP contribution in [0.3, 0.4) is 0 Å². The van der Waals surface area contributed by atoms with Gasteiger partial charge in [0.2, 0.25) is 0 Å². The minimum atomic E-state index is 0.515. The lowest BCUT2D eigenvalue weighted by molar-refractivity contribution is 1.01. The second kappa shape index (κ2) is 4.37. The lowest BCUT2D eigenvalue weighted by Gasteiger charge is -1.95. The van der Waals surface area contributed by atoms with Crippen molar-refractivity contribution in [3.63, 3.8) is 0 Å². The minimum absolute atomic E-state index is 0.515. The lowest BCUT2D eigenvalue weighted by Crippen LogP contribution is -1.95. The molecule has 1 aromatic carbocycles. The molecule has 2 rings (SSSR count). The molecule has 0 aliphatic heterocycles. The standard InChI is InChI=1S/C10H9IN2S/c11-8-3-1-7(2-4-8)10-13-9(5-12)6-14-10/h1-4,6H,5,12H2. The number of nitrogens with two attached hydrogens (primary N) is 1. The second-order valence-corrected chi connectivity index (χ2v) is 4.96. The van der Waals surface area contributed by atoms with Gasteiger partial charge in [0.1, 0.15) is 5.01 Å². The summed E-state index contributed by atoms with van der Waals surface area (Å²) >= 11 is 3.93. The Balaban J connectivity index is 2.34. The molecule has 0 radical (unpaired) electrons. The third-order valence-electron chi connectivity index (χ3n) is 1.85. The predicted octanol–water partition coefficient (Wildman–Crippen LogP) is 2.87. The molecule has 0 aliphatic rings. The van der Waals surface area contributed by atoms with E-state index in [2.05, 4.69) is 51.8 Å². The highest BCUT2D eigenvalue weighted by Crippen LogP contribution is 2.24. The van der Waals surface area contributed by atoms with Crippen molar-refractivity contribution < 1.29 is 0 Å². The van der Waals surface area contributed by atoms with Gasteiger partial charge in [-0.3, -0.25) is 0 Å². The number of rotatable bonds is 2. The average molecular weight is 316 g/mol. The molecule has 0 amide bonds. The number of thiazole rings is 1. The molecule has 0 atom stereocenters. The Morgan fingerprint density at radius 3 is 2.57 bits per heavy atom. The van der Waals surface area contributed by atoms with Crippen molar-refractivity contribution in [3.05, 3.63) is 38.9 Å². The highest BCUT2D eigenvalue weighted by molar-refractivity contribution is 14.1. The Morgan fingerprint density at radius 1 is 1.29 bits per heavy atom. The lowest BCUT2D eigenvalue weighted by atomic mass is 10.2. The Hall–Kier alpha value is -0.460. The number of benzene rings is 1. The molecule has 0 fully saturated rings. The van der Waals surface area contributed by atoms with Gasteiger partial charge in [-0.05, 0) is 34.7 Å². The van der Waals surface area contributed by atoms with Gasteiger partial charge >= 0.3 is 0 Å². The van der Waals surface area contributed by atoms with E-state index in [0.29, 0.717) is 6.54 Å². The van der Waals surface area contributed by atoms with Crippen molar-refractivity contribution in [1.82, 2.24) is 4.98 Å². The summed E-state index contributed by atoms with van der Waals surface area (Å²) in [7, 11) is 0. The van der Waals surface area contributed by atoms with Crippen LogP contribution in [0.1, 0.15) is 5.69 Å². The summed E-state index contributed by atoms with van der Waals surface area (Å²) in [6.07, 6.45) is 0. The largest absolute Gasteiger partial charge is 0.325 e. The molecule has 1 aromatic heterocycles. The van der Waals surface area contributed by atoms with Gasteiger partial charge < -0.3 is 5.73 Å². The van der Waals surface area contributed by atoms with Gasteiger partial charge in [0.05, 0.1) is 5.69 Å². The van der Waals surface area contributed by atoms with E-state index < -0.39 is 0 Å². The molecule has 0 saturated heterocycles. The summed E-state index contributed by atoms with van der Waals surface area (Å²) in [5.74, 6) is 0. The van der Waals surface area contributed by atoms with E-state index in [1.165, 1.54) is 3.57 Å². The Kier molecular flexibility index (Phi) is 3.15. The molecular formula is C10H9IN2S. The van der Waals surface area contributed by atoms with Gasteiger partial charge in [-0.2, -0.15) is 0 Å². The third-order valence-corrected chi connectivity index (χ3v) is 3.51. The summed E-state index contributed by atoms with van der Waals surface area (Å²) in [5.41, 5.74) is 7.63. The van der Waals surface area contributed by atoms with Crippen LogP contribution in [0.15, 0.2) is 29.6 Å². The van der Waals surface area contributed by atoms with Gasteiger partial charge in [0.25, 0.3) is 0 Å². The normalized spacial score (nSPS) is 10.4. The van der Waals surface area contributed by atoms with Crippen molar-refractivity contribution >= 4 is 33.9 Å². The van der Waals surface area contributed by atoms with E-state index >= 15 is 0 Å². The maximum absolute atomic E-state index is 5.51. The number of nitrogens with zero attached hydrogens (tertiary/aromatic N) is 1. The second-order valence-electron chi connectivity index (χ2n) is 2.86. The predicted molar refractivity (Wildman–Crippen MR) is 68.2 cm³/mol. The van der Waals surface area contributed by atoms with Gasteiger partial charge in [-0.1, -0.05) is 12.1 Å². The van der Waals surface area contributed by atoms with E-state index in [0.717, 1.165) is 16.3 Å². The van der Waals surface area contributed by atoms with Crippen LogP contribution in [0, 0.1) is 3.57 Å². The maximum Gasteiger partial charge on any atom is 0.123 e. The van der Waals surface area contributed by atoms with Crippen molar-refractivity contribution in [2.45, 2.75) is 6.54 Å². The first-order valence-corrected chi connectivity index (χ1v) is 6.16. The molecule has 14 heavy (non-hydrogen) atoms. The smallest absolute Gasteiger partial charge is 0.123 e. The SMILES string of the molecule is NCc1csc(-c2ccc(I)cc2)n1. The Bertz CT molecular complexity index is 422. The molecule has 0 aliphatic carbocycles. The van der Waals surface area contributed by atoms with Crippen LogP contribution < -0.4 is 5.73 Å². The van der Waals surface area contributed by atoms with Gasteiger partial charge in [0, 0.05) is 21.1 Å². The molecule has 72 valence electrons. The van der Waals surface area contributed by atoms with Crippen LogP contribution in [-0.4, -0.2) is 4.98 Å². The van der Waals surface area contributed by atoms with Crippen molar-refractivity contribution in [2.75, 3.05) is 0 Å². The first kappa shape index (κ1) is 10.1. The molecule has 0 spiro atoms. The molecule has 4 heteroatoms. The van der Waals surface area contributed by atoms with E-state index in [9.17, 15) is 0 Å². The molecule has 2 nitrogen and oxygen atoms in total. The van der Waals surface area contributed by atoms with Gasteiger partial charge in [-0.25, -0.2) is 4.98 Å². The first-order chi connectivity index (χ1) is 6.79. The monoisotopic (exact) mass is 316 g/mol. The molecule has 0 saturated carbocycles. The van der Waals surface area contributed by atoms with Crippen LogP contribution in [0.2, 0.25) is 0 Å². The fraction of sp³-hybridized carbons (Fsp3) is 0.100. The molecule has 0 unspecified atom stereocenters. The summed E-state index contributed by atoms with van der Waals surface area (Å²) in [6, 6.07) is 8.33. The topological polar surface area (TPSA) is 38.9 Å². The fourth-order valence-electron chi connectivity index (χ4n) is 1.13. The molecule has 1 heterocycles. The maximum atomic E-state index is 5.51. The number of halogens is 1. The van der Waals surface area contributed by atoms with Crippen molar-refractivity contribution in [2.24, 2.45) is 5.73 Å². The van der Waals surface area contributed by atoms with Gasteiger partial charge in [0.15, 0.2) is 0 Å². The first-order valence-electron chi connectivity index (χ1n) is 4.20. The number of hydrogen-bond acceptors (Lipinski definition) is 3. The summed E-state index contributed by atoms with van der Waals surface area (Å²) in [5, 5.41) is 3.05. The van der Waals surface area contributed by atoms with Gasteiger partial charge in [-0.15, -0.1) is 11.3 Å². The Labute approximate surface area is 100 Å². The quantitative estimate of drug-likeness (QED) is 0.865. The average Bonchev–Trinajstić information content (AvgIpc) is 2.67. The van der Waals surface area contributed by atoms with E-state index in [4.69, 9.17) is 5.73 Å². The van der Waals surface area contributed by atoms with Crippen LogP contribution in [0.4, 0.5) is 0 Å². The highest BCUT2D eigenvalue weighted by Gasteiger charge is 2.02. The van der Waals surface area contributed by atoms with E-state index in [-0.39, 0.29) is 0 Å². The van der Waals surface area contributed by atoms with Crippen LogP contribution in [0.5, 0.6) is 0 Å². The zero-order valence-corrected chi connectivity index (χ0v) is 10.4. The fourth-order valence-corrected chi connectivity index (χ4v) is 2.32. The zero-order chi connectivity index (χ0) is 9.97. The van der Waals surface area contributed by atoms with Crippen LogP contribution in [-0.2, 0) is 6.54 Å². The summed E-state index contributed by atoms with van der Waals surface area (Å²) < 4.78 is 1.24. The summed E-state index contributed by atoms with van der Waals surface area (Å²) in [4.78, 5) is 4.42. The molecule has 0 bridgehead atoms. The Morgan fingerprint density at radius 2 is 2.00 bits per heavy atom. The highest BCUT2D eigenvalue weighted by atomic mass is 127. The molecule has 2 N–H and O–H groups in total. The number of aromatic nitrogens is 1. The molecular weight excluding hydrogens is 307 g/mol. The minimum Gasteiger partial charge on any atom is -0.325 e. The number of hydrogen-bond donors (Lipinski definition) is 1. The zero-order valence-electron chi connectivity index (χ0n) is 7.40. The summed E-state index contributed by atoms with van der Waals surface area (Å²) in [6.45, 7) is 0.515. The van der Waals surface area contributed by atoms with E-state index in [1.807, 2.05) is 5.38 Å². The van der Waals surface area contributed by atoms with Crippen molar-refractivity contribution in [3.8, 4) is 10.6 Å².